The van der Waals surface area contributed by atoms with Gasteiger partial charge in [-0.05, 0) is 31.9 Å². The molecule has 0 spiro atoms. The standard InChI is InChI=1S/C17H19ClN6O/c1-11-6-4-5-7-14(11)9-23-10-19-17(22-23)21-16(25)13(3)24-12(2)15(18)8-20-24/h4-8,10,13H,9H2,1-3H3,(H,21,22,25). The van der Waals surface area contributed by atoms with E-state index in [0.29, 0.717) is 11.6 Å². The second-order valence-electron chi connectivity index (χ2n) is 5.88. The van der Waals surface area contributed by atoms with Gasteiger partial charge in [0, 0.05) is 0 Å². The zero-order chi connectivity index (χ0) is 18.0. The zero-order valence-corrected chi connectivity index (χ0v) is 15.0. The Labute approximate surface area is 150 Å². The van der Waals surface area contributed by atoms with Crippen molar-refractivity contribution in [3.63, 3.8) is 0 Å². The third kappa shape index (κ3) is 3.71. The van der Waals surface area contributed by atoms with Crippen LogP contribution in [0, 0.1) is 13.8 Å². The number of nitrogens with one attached hydrogen (secondary N) is 1. The van der Waals surface area contributed by atoms with Crippen molar-refractivity contribution in [2.75, 3.05) is 5.32 Å². The fourth-order valence-corrected chi connectivity index (χ4v) is 2.64. The molecule has 0 aliphatic rings. The smallest absolute Gasteiger partial charge is 0.251 e. The highest BCUT2D eigenvalue weighted by Crippen LogP contribution is 2.18. The summed E-state index contributed by atoms with van der Waals surface area (Å²) in [5.74, 6) is 0.0119. The molecule has 1 unspecified atom stereocenters. The molecule has 0 aliphatic carbocycles. The van der Waals surface area contributed by atoms with Crippen molar-refractivity contribution in [2.45, 2.75) is 33.4 Å². The van der Waals surface area contributed by atoms with Crippen molar-refractivity contribution in [3.05, 3.63) is 58.6 Å². The lowest BCUT2D eigenvalue weighted by Crippen LogP contribution is -2.25. The first-order valence-electron chi connectivity index (χ1n) is 7.90. The number of benzene rings is 1. The van der Waals surface area contributed by atoms with E-state index in [9.17, 15) is 4.79 Å². The van der Waals surface area contributed by atoms with Crippen molar-refractivity contribution in [3.8, 4) is 0 Å². The Kier molecular flexibility index (Phi) is 4.85. The molecule has 0 saturated carbocycles. The van der Waals surface area contributed by atoms with E-state index in [-0.39, 0.29) is 11.9 Å². The van der Waals surface area contributed by atoms with E-state index in [1.165, 1.54) is 11.8 Å². The highest BCUT2D eigenvalue weighted by atomic mass is 35.5. The Morgan fingerprint density at radius 2 is 2.08 bits per heavy atom. The number of carbonyl (C=O) groups is 1. The van der Waals surface area contributed by atoms with Gasteiger partial charge in [0.2, 0.25) is 5.95 Å². The van der Waals surface area contributed by atoms with E-state index in [0.717, 1.165) is 11.3 Å². The molecule has 8 heteroatoms. The lowest BCUT2D eigenvalue weighted by molar-refractivity contribution is -0.119. The van der Waals surface area contributed by atoms with E-state index in [2.05, 4.69) is 20.5 Å². The van der Waals surface area contributed by atoms with Crippen molar-refractivity contribution >= 4 is 23.5 Å². The highest BCUT2D eigenvalue weighted by molar-refractivity contribution is 6.31. The van der Waals surface area contributed by atoms with Crippen LogP contribution in [0.1, 0.15) is 29.8 Å². The van der Waals surface area contributed by atoms with Crippen LogP contribution in [0.15, 0.2) is 36.8 Å². The van der Waals surface area contributed by atoms with Crippen molar-refractivity contribution in [1.29, 1.82) is 0 Å². The topological polar surface area (TPSA) is 77.6 Å². The third-order valence-corrected chi connectivity index (χ3v) is 4.47. The summed E-state index contributed by atoms with van der Waals surface area (Å²) in [6.45, 7) is 6.21. The summed E-state index contributed by atoms with van der Waals surface area (Å²) < 4.78 is 3.26. The molecule has 0 fully saturated rings. The minimum absolute atomic E-state index is 0.253. The van der Waals surface area contributed by atoms with Crippen molar-refractivity contribution < 1.29 is 4.79 Å². The quantitative estimate of drug-likeness (QED) is 0.760. The lowest BCUT2D eigenvalue weighted by atomic mass is 10.1. The number of aryl methyl sites for hydroxylation is 1. The van der Waals surface area contributed by atoms with Gasteiger partial charge >= 0.3 is 0 Å². The van der Waals surface area contributed by atoms with Crippen LogP contribution in [-0.2, 0) is 11.3 Å². The first-order valence-corrected chi connectivity index (χ1v) is 8.28. The molecule has 2 heterocycles. The van der Waals surface area contributed by atoms with Gasteiger partial charge in [0.15, 0.2) is 0 Å². The molecule has 3 rings (SSSR count). The predicted molar refractivity (Wildman–Crippen MR) is 95.6 cm³/mol. The number of aromatic nitrogens is 5. The summed E-state index contributed by atoms with van der Waals surface area (Å²) in [5, 5.41) is 11.7. The van der Waals surface area contributed by atoms with Crippen LogP contribution in [0.3, 0.4) is 0 Å². The Morgan fingerprint density at radius 1 is 1.32 bits per heavy atom. The number of amides is 1. The molecule has 7 nitrogen and oxygen atoms in total. The van der Waals surface area contributed by atoms with E-state index in [4.69, 9.17) is 11.6 Å². The maximum absolute atomic E-state index is 12.4. The lowest BCUT2D eigenvalue weighted by Gasteiger charge is -2.12. The van der Waals surface area contributed by atoms with Crippen molar-refractivity contribution in [1.82, 2.24) is 24.5 Å². The molecule has 25 heavy (non-hydrogen) atoms. The average Bonchev–Trinajstić information content (AvgIpc) is 3.16. The maximum atomic E-state index is 12.4. The molecule has 1 amide bonds. The molecule has 0 aliphatic heterocycles. The van der Waals surface area contributed by atoms with Gasteiger partial charge in [-0.3, -0.25) is 14.8 Å². The van der Waals surface area contributed by atoms with Crippen LogP contribution in [0.2, 0.25) is 5.02 Å². The normalized spacial score (nSPS) is 12.2. The molecule has 130 valence electrons. The summed E-state index contributed by atoms with van der Waals surface area (Å²) >= 11 is 5.99. The minimum Gasteiger partial charge on any atom is -0.291 e. The number of rotatable bonds is 5. The summed E-state index contributed by atoms with van der Waals surface area (Å²) in [6, 6.07) is 7.56. The van der Waals surface area contributed by atoms with Gasteiger partial charge < -0.3 is 0 Å². The Hall–Kier alpha value is -2.67. The minimum atomic E-state index is -0.518. The van der Waals surface area contributed by atoms with Crippen LogP contribution in [0.5, 0.6) is 0 Å². The fraction of sp³-hybridized carbons (Fsp3) is 0.294. The summed E-state index contributed by atoms with van der Waals surface area (Å²) in [6.07, 6.45) is 3.12. The first-order chi connectivity index (χ1) is 12.0. The summed E-state index contributed by atoms with van der Waals surface area (Å²) in [7, 11) is 0. The van der Waals surface area contributed by atoms with Gasteiger partial charge in [0.05, 0.1) is 23.5 Å². The molecule has 1 atom stereocenters. The van der Waals surface area contributed by atoms with Gasteiger partial charge in [-0.1, -0.05) is 35.9 Å². The molecule has 3 aromatic rings. The van der Waals surface area contributed by atoms with Crippen LogP contribution >= 0.6 is 11.6 Å². The molecule has 2 aromatic heterocycles. The zero-order valence-electron chi connectivity index (χ0n) is 14.3. The van der Waals surface area contributed by atoms with Crippen LogP contribution in [0.25, 0.3) is 0 Å². The fourth-order valence-electron chi connectivity index (χ4n) is 2.51. The van der Waals surface area contributed by atoms with E-state index < -0.39 is 6.04 Å². The maximum Gasteiger partial charge on any atom is 0.251 e. The third-order valence-electron chi connectivity index (χ3n) is 4.10. The molecule has 0 saturated heterocycles. The molecule has 0 radical (unpaired) electrons. The number of carbonyl (C=O) groups excluding carboxylic acids is 1. The van der Waals surface area contributed by atoms with E-state index >= 15 is 0 Å². The van der Waals surface area contributed by atoms with Crippen LogP contribution in [-0.4, -0.2) is 30.5 Å². The SMILES string of the molecule is Cc1ccccc1Cn1cnc(NC(=O)C(C)n2ncc(Cl)c2C)n1. The Balaban J connectivity index is 1.68. The first kappa shape index (κ1) is 17.2. The summed E-state index contributed by atoms with van der Waals surface area (Å²) in [4.78, 5) is 16.5. The van der Waals surface area contributed by atoms with Gasteiger partial charge in [-0.25, -0.2) is 9.67 Å². The second kappa shape index (κ2) is 7.06. The number of hydrogen-bond donors (Lipinski definition) is 1. The highest BCUT2D eigenvalue weighted by Gasteiger charge is 2.20. The number of nitrogens with zero attached hydrogens (tertiary/aromatic N) is 5. The monoisotopic (exact) mass is 358 g/mol. The van der Waals surface area contributed by atoms with E-state index in [1.807, 2.05) is 38.1 Å². The van der Waals surface area contributed by atoms with Crippen LogP contribution in [0.4, 0.5) is 5.95 Å². The van der Waals surface area contributed by atoms with Gasteiger partial charge in [0.1, 0.15) is 12.4 Å². The van der Waals surface area contributed by atoms with Gasteiger partial charge in [0.25, 0.3) is 5.91 Å². The molecule has 1 aromatic carbocycles. The predicted octanol–water partition coefficient (Wildman–Crippen LogP) is 2.99. The van der Waals surface area contributed by atoms with Crippen molar-refractivity contribution in [2.24, 2.45) is 0 Å². The van der Waals surface area contributed by atoms with Crippen LogP contribution < -0.4 is 5.32 Å². The molecular weight excluding hydrogens is 340 g/mol. The Morgan fingerprint density at radius 3 is 2.76 bits per heavy atom. The van der Waals surface area contributed by atoms with Gasteiger partial charge in [-0.15, -0.1) is 5.10 Å². The number of anilines is 1. The van der Waals surface area contributed by atoms with Gasteiger partial charge in [-0.2, -0.15) is 5.10 Å². The summed E-state index contributed by atoms with van der Waals surface area (Å²) in [5.41, 5.74) is 3.08. The largest absolute Gasteiger partial charge is 0.291 e. The molecule has 1 N–H and O–H groups in total. The Bertz CT molecular complexity index is 900. The number of halogens is 1. The average molecular weight is 359 g/mol. The second-order valence-corrected chi connectivity index (χ2v) is 6.29. The molecule has 0 bridgehead atoms. The molecular formula is C17H19ClN6O. The van der Waals surface area contributed by atoms with E-state index in [1.54, 1.807) is 22.6 Å². The number of hydrogen-bond acceptors (Lipinski definition) is 4.